The highest BCUT2D eigenvalue weighted by molar-refractivity contribution is 5.74. The molecule has 1 radical (unpaired) electrons. The van der Waals surface area contributed by atoms with Gasteiger partial charge in [-0.1, -0.05) is 19.8 Å². The molecule has 2 N–H and O–H groups in total. The van der Waals surface area contributed by atoms with Crippen LogP contribution in [0.1, 0.15) is 26.2 Å². The molecule has 14 heavy (non-hydrogen) atoms. The highest BCUT2D eigenvalue weighted by atomic mass is 16.5. The van der Waals surface area contributed by atoms with Crippen molar-refractivity contribution in [3.8, 4) is 0 Å². The fourth-order valence-corrected chi connectivity index (χ4v) is 1.03. The molecule has 2 amide bonds. The van der Waals surface area contributed by atoms with Gasteiger partial charge in [0.1, 0.15) is 0 Å². The quantitative estimate of drug-likeness (QED) is 0.610. The van der Waals surface area contributed by atoms with Gasteiger partial charge in [0.25, 0.3) is 0 Å². The first kappa shape index (κ1) is 13.2. The van der Waals surface area contributed by atoms with Gasteiger partial charge in [0, 0.05) is 19.7 Å². The van der Waals surface area contributed by atoms with Crippen LogP contribution in [0.4, 0.5) is 4.79 Å². The highest BCUT2D eigenvalue weighted by Crippen LogP contribution is 1.98. The molecule has 0 spiro atoms. The van der Waals surface area contributed by atoms with Crippen molar-refractivity contribution in [2.45, 2.75) is 32.2 Å². The third kappa shape index (κ3) is 7.86. The monoisotopic (exact) mass is 201 g/mol. The van der Waals surface area contributed by atoms with E-state index < -0.39 is 0 Å². The second-order valence-electron chi connectivity index (χ2n) is 3.23. The Balaban J connectivity index is 3.40. The number of hydrogen-bond acceptors (Lipinski definition) is 2. The van der Waals surface area contributed by atoms with Crippen molar-refractivity contribution in [2.75, 3.05) is 20.3 Å². The molecule has 1 atom stereocenters. The van der Waals surface area contributed by atoms with Crippen molar-refractivity contribution in [1.29, 1.82) is 0 Å². The van der Waals surface area contributed by atoms with Gasteiger partial charge in [-0.2, -0.15) is 0 Å². The third-order valence-electron chi connectivity index (χ3n) is 1.83. The van der Waals surface area contributed by atoms with E-state index in [1.807, 2.05) is 0 Å². The van der Waals surface area contributed by atoms with Crippen molar-refractivity contribution in [1.82, 2.24) is 10.6 Å². The van der Waals surface area contributed by atoms with Gasteiger partial charge in [-0.3, -0.25) is 0 Å². The lowest BCUT2D eigenvalue weighted by Crippen LogP contribution is -2.41. The SMILES string of the molecule is [CH2][C@@H](CCCC)NC(=O)NCCOC. The Morgan fingerprint density at radius 2 is 2.29 bits per heavy atom. The molecule has 0 bridgehead atoms. The Morgan fingerprint density at radius 3 is 2.86 bits per heavy atom. The van der Waals surface area contributed by atoms with Crippen molar-refractivity contribution >= 4 is 6.03 Å². The molecule has 0 aromatic rings. The van der Waals surface area contributed by atoms with Gasteiger partial charge in [0.15, 0.2) is 0 Å². The second kappa shape index (κ2) is 8.81. The van der Waals surface area contributed by atoms with Crippen LogP contribution in [0.25, 0.3) is 0 Å². The summed E-state index contributed by atoms with van der Waals surface area (Å²) in [4.78, 5) is 11.2. The molecule has 83 valence electrons. The number of nitrogens with one attached hydrogen (secondary N) is 2. The van der Waals surface area contributed by atoms with Crippen LogP contribution < -0.4 is 10.6 Å². The Bertz CT molecular complexity index is 151. The Kier molecular flexibility index (Phi) is 8.33. The summed E-state index contributed by atoms with van der Waals surface area (Å²) in [6.07, 6.45) is 3.14. The average Bonchev–Trinajstić information content (AvgIpc) is 2.15. The average molecular weight is 201 g/mol. The van der Waals surface area contributed by atoms with Crippen LogP contribution in [-0.2, 0) is 4.74 Å². The zero-order valence-corrected chi connectivity index (χ0v) is 9.14. The maximum absolute atomic E-state index is 11.2. The number of carbonyl (C=O) groups excluding carboxylic acids is 1. The summed E-state index contributed by atoms with van der Waals surface area (Å²) in [5.41, 5.74) is 0. The van der Waals surface area contributed by atoms with Crippen LogP contribution >= 0.6 is 0 Å². The lowest BCUT2D eigenvalue weighted by Gasteiger charge is -2.13. The van der Waals surface area contributed by atoms with E-state index >= 15 is 0 Å². The van der Waals surface area contributed by atoms with Gasteiger partial charge in [-0.15, -0.1) is 0 Å². The van der Waals surface area contributed by atoms with Crippen LogP contribution in [0.5, 0.6) is 0 Å². The normalized spacial score (nSPS) is 12.2. The van der Waals surface area contributed by atoms with E-state index in [2.05, 4.69) is 24.5 Å². The Morgan fingerprint density at radius 1 is 1.57 bits per heavy atom. The molecule has 0 heterocycles. The molecule has 4 heteroatoms. The minimum Gasteiger partial charge on any atom is -0.383 e. The van der Waals surface area contributed by atoms with Crippen molar-refractivity contribution in [3.63, 3.8) is 0 Å². The topological polar surface area (TPSA) is 50.4 Å². The van der Waals surface area contributed by atoms with Crippen molar-refractivity contribution in [2.24, 2.45) is 0 Å². The molecule has 0 aliphatic rings. The predicted octanol–water partition coefficient (Wildman–Crippen LogP) is 1.32. The number of carbonyl (C=O) groups is 1. The molecule has 0 aliphatic heterocycles. The number of rotatable bonds is 7. The van der Waals surface area contributed by atoms with E-state index in [9.17, 15) is 4.79 Å². The Hall–Kier alpha value is -0.770. The van der Waals surface area contributed by atoms with Crippen LogP contribution in [-0.4, -0.2) is 32.3 Å². The maximum Gasteiger partial charge on any atom is 0.315 e. The molecule has 0 aromatic heterocycles. The molecule has 0 aliphatic carbocycles. The van der Waals surface area contributed by atoms with Gasteiger partial charge >= 0.3 is 6.03 Å². The third-order valence-corrected chi connectivity index (χ3v) is 1.83. The zero-order chi connectivity index (χ0) is 10.8. The molecule has 0 aromatic carbocycles. The molecule has 0 saturated heterocycles. The summed E-state index contributed by atoms with van der Waals surface area (Å²) in [6.45, 7) is 7.02. The number of amides is 2. The van der Waals surface area contributed by atoms with Gasteiger partial charge in [-0.25, -0.2) is 4.79 Å². The molecule has 0 rings (SSSR count). The van der Waals surface area contributed by atoms with E-state index in [0.717, 1.165) is 19.3 Å². The molecule has 0 fully saturated rings. The minimum absolute atomic E-state index is 0.00232. The van der Waals surface area contributed by atoms with Crippen LogP contribution in [0.15, 0.2) is 0 Å². The molecule has 0 saturated carbocycles. The lowest BCUT2D eigenvalue weighted by molar-refractivity contribution is 0.195. The first-order valence-corrected chi connectivity index (χ1v) is 5.07. The number of hydrogen-bond donors (Lipinski definition) is 2. The summed E-state index contributed by atoms with van der Waals surface area (Å²) in [5.74, 6) is 0. The summed E-state index contributed by atoms with van der Waals surface area (Å²) in [5, 5.41) is 5.43. The van der Waals surface area contributed by atoms with E-state index in [0.29, 0.717) is 13.2 Å². The Labute approximate surface area is 86.4 Å². The van der Waals surface area contributed by atoms with E-state index in [1.165, 1.54) is 0 Å². The van der Waals surface area contributed by atoms with Crippen LogP contribution in [0, 0.1) is 6.92 Å². The summed E-state index contributed by atoms with van der Waals surface area (Å²) < 4.78 is 4.80. The number of unbranched alkanes of at least 4 members (excludes halogenated alkanes) is 1. The van der Waals surface area contributed by atoms with Crippen molar-refractivity contribution in [3.05, 3.63) is 6.92 Å². The van der Waals surface area contributed by atoms with Gasteiger partial charge in [0.2, 0.25) is 0 Å². The first-order chi connectivity index (χ1) is 6.70. The highest BCUT2D eigenvalue weighted by Gasteiger charge is 2.05. The molecular formula is C10H21N2O2. The fourth-order valence-electron chi connectivity index (χ4n) is 1.03. The first-order valence-electron chi connectivity index (χ1n) is 5.07. The molecular weight excluding hydrogens is 180 g/mol. The standard InChI is InChI=1S/C10H21N2O2/c1-4-5-6-9(2)12-10(13)11-7-8-14-3/h9H,2,4-8H2,1,3H3,(H2,11,12,13)/t9-/m0/s1. The van der Waals surface area contributed by atoms with Gasteiger partial charge < -0.3 is 15.4 Å². The molecule has 4 nitrogen and oxygen atoms in total. The van der Waals surface area contributed by atoms with Gasteiger partial charge in [0.05, 0.1) is 6.61 Å². The van der Waals surface area contributed by atoms with Crippen LogP contribution in [0.2, 0.25) is 0 Å². The summed E-state index contributed by atoms with van der Waals surface area (Å²) >= 11 is 0. The minimum atomic E-state index is -0.168. The molecule has 0 unspecified atom stereocenters. The maximum atomic E-state index is 11.2. The summed E-state index contributed by atoms with van der Waals surface area (Å²) in [6, 6.07) is -0.171. The fraction of sp³-hybridized carbons (Fsp3) is 0.800. The van der Waals surface area contributed by atoms with Crippen LogP contribution in [0.3, 0.4) is 0 Å². The zero-order valence-electron chi connectivity index (χ0n) is 9.14. The van der Waals surface area contributed by atoms with Gasteiger partial charge in [-0.05, 0) is 13.3 Å². The van der Waals surface area contributed by atoms with E-state index in [-0.39, 0.29) is 12.1 Å². The smallest absolute Gasteiger partial charge is 0.315 e. The van der Waals surface area contributed by atoms with E-state index in [4.69, 9.17) is 4.74 Å². The van der Waals surface area contributed by atoms with Crippen molar-refractivity contribution < 1.29 is 9.53 Å². The lowest BCUT2D eigenvalue weighted by atomic mass is 10.1. The second-order valence-corrected chi connectivity index (χ2v) is 3.23. The predicted molar refractivity (Wildman–Crippen MR) is 57.1 cm³/mol. The van der Waals surface area contributed by atoms with E-state index in [1.54, 1.807) is 7.11 Å². The number of urea groups is 1. The largest absolute Gasteiger partial charge is 0.383 e. The number of ether oxygens (including phenoxy) is 1. The summed E-state index contributed by atoms with van der Waals surface area (Å²) in [7, 11) is 1.60. The number of methoxy groups -OCH3 is 1.